The predicted molar refractivity (Wildman–Crippen MR) is 82.3 cm³/mol. The second kappa shape index (κ2) is 6.73. The Morgan fingerprint density at radius 2 is 2.26 bits per heavy atom. The number of ether oxygens (including phenoxy) is 1. The number of hydrogen-bond acceptors (Lipinski definition) is 3. The molecule has 0 spiro atoms. The predicted octanol–water partition coefficient (Wildman–Crippen LogP) is 3.02. The van der Waals surface area contributed by atoms with Crippen LogP contribution >= 0.6 is 15.9 Å². The lowest BCUT2D eigenvalue weighted by Crippen LogP contribution is -2.47. The number of piperidine rings is 1. The van der Waals surface area contributed by atoms with E-state index < -0.39 is 0 Å². The van der Waals surface area contributed by atoms with E-state index in [9.17, 15) is 0 Å². The molecule has 0 bridgehead atoms. The van der Waals surface area contributed by atoms with Gasteiger partial charge in [0.1, 0.15) is 5.75 Å². The summed E-state index contributed by atoms with van der Waals surface area (Å²) >= 11 is 3.55. The van der Waals surface area contributed by atoms with Gasteiger partial charge in [-0.05, 0) is 58.9 Å². The molecule has 19 heavy (non-hydrogen) atoms. The molecule has 1 aromatic rings. The summed E-state index contributed by atoms with van der Waals surface area (Å²) in [4.78, 5) is 2.52. The fourth-order valence-corrected chi connectivity index (χ4v) is 3.54. The second-order valence-electron chi connectivity index (χ2n) is 5.36. The zero-order valence-electron chi connectivity index (χ0n) is 11.7. The smallest absolute Gasteiger partial charge is 0.133 e. The number of likely N-dealkylation sites (tertiary alicyclic amines) is 1. The van der Waals surface area contributed by atoms with Crippen molar-refractivity contribution in [3.63, 3.8) is 0 Å². The Bertz CT molecular complexity index is 425. The molecule has 1 heterocycles. The van der Waals surface area contributed by atoms with Crippen LogP contribution in [0.25, 0.3) is 0 Å². The van der Waals surface area contributed by atoms with Crippen molar-refractivity contribution < 1.29 is 4.74 Å². The number of nitrogens with zero attached hydrogens (tertiary/aromatic N) is 1. The van der Waals surface area contributed by atoms with Crippen molar-refractivity contribution in [3.05, 3.63) is 28.2 Å². The molecule has 1 saturated heterocycles. The van der Waals surface area contributed by atoms with Gasteiger partial charge >= 0.3 is 0 Å². The molecule has 0 amide bonds. The molecule has 3 nitrogen and oxygen atoms in total. The molecule has 1 aromatic carbocycles. The van der Waals surface area contributed by atoms with Crippen LogP contribution in [0.1, 0.15) is 25.3 Å². The van der Waals surface area contributed by atoms with E-state index in [-0.39, 0.29) is 0 Å². The molecule has 0 radical (unpaired) electrons. The van der Waals surface area contributed by atoms with Crippen molar-refractivity contribution in [3.8, 4) is 5.75 Å². The highest BCUT2D eigenvalue weighted by atomic mass is 79.9. The maximum absolute atomic E-state index is 5.94. The summed E-state index contributed by atoms with van der Waals surface area (Å²) in [5, 5.41) is 0. The van der Waals surface area contributed by atoms with Gasteiger partial charge in [0.2, 0.25) is 0 Å². The first kappa shape index (κ1) is 14.8. The standard InChI is InChI=1S/C15H23BrN2O/c1-11-4-3-7-18(14(11)9-17)10-12-5-6-15(19-2)13(16)8-12/h5-6,8,11,14H,3-4,7,9-10,17H2,1-2H3. The summed E-state index contributed by atoms with van der Waals surface area (Å²) in [5.74, 6) is 1.58. The van der Waals surface area contributed by atoms with Gasteiger partial charge in [0, 0.05) is 19.1 Å². The van der Waals surface area contributed by atoms with Gasteiger partial charge in [0.05, 0.1) is 11.6 Å². The molecule has 106 valence electrons. The molecule has 0 aromatic heterocycles. The Morgan fingerprint density at radius 3 is 2.89 bits per heavy atom. The van der Waals surface area contributed by atoms with E-state index in [0.717, 1.165) is 29.9 Å². The topological polar surface area (TPSA) is 38.5 Å². The van der Waals surface area contributed by atoms with Gasteiger partial charge in [-0.2, -0.15) is 0 Å². The number of methoxy groups -OCH3 is 1. The maximum atomic E-state index is 5.94. The summed E-state index contributed by atoms with van der Waals surface area (Å²) in [6.45, 7) is 5.18. The third-order valence-electron chi connectivity index (χ3n) is 4.07. The van der Waals surface area contributed by atoms with E-state index in [1.807, 2.05) is 6.07 Å². The first-order valence-corrected chi connectivity index (χ1v) is 7.71. The van der Waals surface area contributed by atoms with Gasteiger partial charge < -0.3 is 10.5 Å². The Balaban J connectivity index is 2.09. The van der Waals surface area contributed by atoms with Gasteiger partial charge in [-0.1, -0.05) is 13.0 Å². The average Bonchev–Trinajstić information content (AvgIpc) is 2.39. The lowest BCUT2D eigenvalue weighted by Gasteiger charge is -2.39. The van der Waals surface area contributed by atoms with E-state index in [2.05, 4.69) is 39.9 Å². The third kappa shape index (κ3) is 3.50. The van der Waals surface area contributed by atoms with E-state index >= 15 is 0 Å². The molecule has 2 atom stereocenters. The minimum atomic E-state index is 0.509. The summed E-state index contributed by atoms with van der Waals surface area (Å²) in [6.07, 6.45) is 2.57. The van der Waals surface area contributed by atoms with Crippen LogP contribution in [0.3, 0.4) is 0 Å². The number of hydrogen-bond donors (Lipinski definition) is 1. The quantitative estimate of drug-likeness (QED) is 0.924. The highest BCUT2D eigenvalue weighted by Gasteiger charge is 2.27. The maximum Gasteiger partial charge on any atom is 0.133 e. The molecule has 1 fully saturated rings. The van der Waals surface area contributed by atoms with Crippen molar-refractivity contribution in [1.29, 1.82) is 0 Å². The lowest BCUT2D eigenvalue weighted by atomic mass is 9.90. The van der Waals surface area contributed by atoms with Crippen LogP contribution in [0.5, 0.6) is 5.75 Å². The minimum absolute atomic E-state index is 0.509. The molecule has 1 aliphatic heterocycles. The van der Waals surface area contributed by atoms with Crippen molar-refractivity contribution >= 4 is 15.9 Å². The highest BCUT2D eigenvalue weighted by molar-refractivity contribution is 9.10. The molecule has 1 aliphatic rings. The molecule has 2 unspecified atom stereocenters. The molecule has 2 N–H and O–H groups in total. The summed E-state index contributed by atoms with van der Waals surface area (Å²) in [7, 11) is 1.69. The second-order valence-corrected chi connectivity index (χ2v) is 6.22. The normalized spacial score (nSPS) is 24.4. The van der Waals surface area contributed by atoms with Crippen molar-refractivity contribution in [1.82, 2.24) is 4.90 Å². The Kier molecular flexibility index (Phi) is 5.25. The van der Waals surface area contributed by atoms with Crippen molar-refractivity contribution in [2.24, 2.45) is 11.7 Å². The van der Waals surface area contributed by atoms with Gasteiger partial charge in [-0.3, -0.25) is 4.90 Å². The number of nitrogens with two attached hydrogens (primary N) is 1. The molecule has 4 heteroatoms. The molecule has 2 rings (SSSR count). The number of benzene rings is 1. The molecular formula is C15H23BrN2O. The van der Waals surface area contributed by atoms with Crippen LogP contribution in [0.2, 0.25) is 0 Å². The number of rotatable bonds is 4. The fraction of sp³-hybridized carbons (Fsp3) is 0.600. The van der Waals surface area contributed by atoms with E-state index in [1.54, 1.807) is 7.11 Å². The van der Waals surface area contributed by atoms with Gasteiger partial charge in [0.15, 0.2) is 0 Å². The van der Waals surface area contributed by atoms with Crippen molar-refractivity contribution in [2.75, 3.05) is 20.2 Å². The number of halogens is 1. The van der Waals surface area contributed by atoms with Crippen LogP contribution < -0.4 is 10.5 Å². The van der Waals surface area contributed by atoms with Crippen LogP contribution in [0.15, 0.2) is 22.7 Å². The summed E-state index contributed by atoms with van der Waals surface area (Å²) in [5.41, 5.74) is 7.25. The highest BCUT2D eigenvalue weighted by Crippen LogP contribution is 2.28. The summed E-state index contributed by atoms with van der Waals surface area (Å²) in [6, 6.07) is 6.81. The largest absolute Gasteiger partial charge is 0.496 e. The average molecular weight is 327 g/mol. The van der Waals surface area contributed by atoms with Crippen LogP contribution in [-0.4, -0.2) is 31.1 Å². The van der Waals surface area contributed by atoms with E-state index in [0.29, 0.717) is 12.0 Å². The SMILES string of the molecule is COc1ccc(CN2CCCC(C)C2CN)cc1Br. The van der Waals surface area contributed by atoms with Crippen molar-refractivity contribution in [2.45, 2.75) is 32.4 Å². The van der Waals surface area contributed by atoms with E-state index in [4.69, 9.17) is 10.5 Å². The van der Waals surface area contributed by atoms with Gasteiger partial charge in [-0.25, -0.2) is 0 Å². The Hall–Kier alpha value is -0.580. The zero-order valence-corrected chi connectivity index (χ0v) is 13.3. The zero-order chi connectivity index (χ0) is 13.8. The lowest BCUT2D eigenvalue weighted by molar-refractivity contribution is 0.0990. The Morgan fingerprint density at radius 1 is 1.47 bits per heavy atom. The molecular weight excluding hydrogens is 304 g/mol. The fourth-order valence-electron chi connectivity index (χ4n) is 2.95. The minimum Gasteiger partial charge on any atom is -0.496 e. The van der Waals surface area contributed by atoms with Crippen LogP contribution in [0, 0.1) is 5.92 Å². The first-order valence-electron chi connectivity index (χ1n) is 6.92. The monoisotopic (exact) mass is 326 g/mol. The Labute approximate surface area is 124 Å². The third-order valence-corrected chi connectivity index (χ3v) is 4.69. The molecule has 0 saturated carbocycles. The van der Waals surface area contributed by atoms with Gasteiger partial charge in [0.25, 0.3) is 0 Å². The van der Waals surface area contributed by atoms with Crippen LogP contribution in [-0.2, 0) is 6.54 Å². The van der Waals surface area contributed by atoms with Gasteiger partial charge in [-0.15, -0.1) is 0 Å². The summed E-state index contributed by atoms with van der Waals surface area (Å²) < 4.78 is 6.28. The van der Waals surface area contributed by atoms with Crippen LogP contribution in [0.4, 0.5) is 0 Å². The molecule has 0 aliphatic carbocycles. The first-order chi connectivity index (χ1) is 9.15. The van der Waals surface area contributed by atoms with E-state index in [1.165, 1.54) is 18.4 Å².